The number of anilines is 1. The number of H-pyrrole nitrogens is 1. The summed E-state index contributed by atoms with van der Waals surface area (Å²) in [6.45, 7) is 2.83. The molecule has 0 unspecified atom stereocenters. The van der Waals surface area contributed by atoms with Gasteiger partial charge in [0.25, 0.3) is 5.91 Å². The molecule has 1 aromatic heterocycles. The van der Waals surface area contributed by atoms with Gasteiger partial charge in [-0.1, -0.05) is 66.7 Å². The van der Waals surface area contributed by atoms with Gasteiger partial charge in [0.05, 0.1) is 6.54 Å². The second-order valence-electron chi connectivity index (χ2n) is 8.30. The van der Waals surface area contributed by atoms with E-state index in [0.717, 1.165) is 27.7 Å². The van der Waals surface area contributed by atoms with Crippen molar-refractivity contribution in [3.63, 3.8) is 0 Å². The van der Waals surface area contributed by atoms with E-state index in [9.17, 15) is 9.59 Å². The third-order valence-electron chi connectivity index (χ3n) is 6.07. The molecule has 166 valence electrons. The molecule has 33 heavy (non-hydrogen) atoms. The normalized spacial score (nSPS) is 14.4. The smallest absolute Gasteiger partial charge is 0.270 e. The van der Waals surface area contributed by atoms with Gasteiger partial charge < -0.3 is 15.2 Å². The van der Waals surface area contributed by atoms with Crippen molar-refractivity contribution in [2.24, 2.45) is 0 Å². The molecule has 0 aliphatic carbocycles. The SMILES string of the molecule is O=C(CN1CCN(C(=O)c2cc3ccccc3[nH]2)CC1)Nc1ccccc1-c1ccccc1. The minimum atomic E-state index is -0.0474. The van der Waals surface area contributed by atoms with Crippen LogP contribution in [0.1, 0.15) is 10.5 Å². The standard InChI is InChI=1S/C27H26N4O2/c32-26(29-24-13-7-5-11-22(24)20-8-2-1-3-9-20)19-30-14-16-31(17-15-30)27(33)25-18-21-10-4-6-12-23(21)28-25/h1-13,18,28H,14-17,19H2,(H,29,32). The summed E-state index contributed by atoms with van der Waals surface area (Å²) in [5.74, 6) is -0.0409. The van der Waals surface area contributed by atoms with Crippen molar-refractivity contribution < 1.29 is 9.59 Å². The van der Waals surface area contributed by atoms with Crippen LogP contribution in [-0.4, -0.2) is 59.3 Å². The van der Waals surface area contributed by atoms with E-state index in [1.165, 1.54) is 0 Å². The minimum absolute atomic E-state index is 0.00656. The maximum Gasteiger partial charge on any atom is 0.270 e. The highest BCUT2D eigenvalue weighted by Crippen LogP contribution is 2.27. The lowest BCUT2D eigenvalue weighted by molar-refractivity contribution is -0.117. The molecule has 5 rings (SSSR count). The molecular weight excluding hydrogens is 412 g/mol. The lowest BCUT2D eigenvalue weighted by Crippen LogP contribution is -2.50. The van der Waals surface area contributed by atoms with Gasteiger partial charge in [-0.05, 0) is 23.8 Å². The Bertz CT molecular complexity index is 1240. The summed E-state index contributed by atoms with van der Waals surface area (Å²) in [6, 6.07) is 27.7. The van der Waals surface area contributed by atoms with Crippen molar-refractivity contribution >= 4 is 28.4 Å². The van der Waals surface area contributed by atoms with E-state index < -0.39 is 0 Å². The molecule has 0 bridgehead atoms. The molecular formula is C27H26N4O2. The molecule has 1 saturated heterocycles. The third kappa shape index (κ3) is 4.66. The van der Waals surface area contributed by atoms with Crippen LogP contribution in [0, 0.1) is 0 Å². The Morgan fingerprint density at radius 3 is 2.30 bits per heavy atom. The van der Waals surface area contributed by atoms with E-state index in [-0.39, 0.29) is 11.8 Å². The number of fused-ring (bicyclic) bond motifs is 1. The van der Waals surface area contributed by atoms with Gasteiger partial charge in [0.1, 0.15) is 5.69 Å². The topological polar surface area (TPSA) is 68.4 Å². The molecule has 3 aromatic carbocycles. The van der Waals surface area contributed by atoms with Crippen LogP contribution in [0.25, 0.3) is 22.0 Å². The number of nitrogens with one attached hydrogen (secondary N) is 2. The Kier molecular flexibility index (Phi) is 5.91. The number of amides is 2. The Morgan fingerprint density at radius 1 is 0.818 bits per heavy atom. The van der Waals surface area contributed by atoms with Crippen LogP contribution < -0.4 is 5.32 Å². The number of para-hydroxylation sites is 2. The molecule has 0 spiro atoms. The third-order valence-corrected chi connectivity index (χ3v) is 6.07. The molecule has 0 atom stereocenters. The molecule has 2 amide bonds. The Labute approximate surface area is 192 Å². The highest BCUT2D eigenvalue weighted by Gasteiger charge is 2.24. The zero-order valence-corrected chi connectivity index (χ0v) is 18.3. The highest BCUT2D eigenvalue weighted by molar-refractivity contribution is 5.98. The van der Waals surface area contributed by atoms with E-state index in [1.807, 2.05) is 89.8 Å². The van der Waals surface area contributed by atoms with Crippen LogP contribution in [0.3, 0.4) is 0 Å². The van der Waals surface area contributed by atoms with Crippen molar-refractivity contribution in [3.05, 3.63) is 90.6 Å². The number of aromatic amines is 1. The molecule has 1 aliphatic rings. The molecule has 1 fully saturated rings. The van der Waals surface area contributed by atoms with Crippen molar-refractivity contribution in [3.8, 4) is 11.1 Å². The summed E-state index contributed by atoms with van der Waals surface area (Å²) in [4.78, 5) is 32.8. The highest BCUT2D eigenvalue weighted by atomic mass is 16.2. The number of carbonyl (C=O) groups excluding carboxylic acids is 2. The summed E-state index contributed by atoms with van der Waals surface area (Å²) >= 11 is 0. The quantitative estimate of drug-likeness (QED) is 0.490. The van der Waals surface area contributed by atoms with Crippen LogP contribution in [0.5, 0.6) is 0 Å². The average Bonchev–Trinajstić information content (AvgIpc) is 3.29. The first kappa shape index (κ1) is 21.0. The predicted octanol–water partition coefficient (Wildman–Crippen LogP) is 4.23. The van der Waals surface area contributed by atoms with E-state index in [0.29, 0.717) is 38.4 Å². The molecule has 2 N–H and O–H groups in total. The van der Waals surface area contributed by atoms with Crippen LogP contribution in [0.2, 0.25) is 0 Å². The number of carbonyl (C=O) groups is 2. The first-order valence-electron chi connectivity index (χ1n) is 11.2. The van der Waals surface area contributed by atoms with Crippen molar-refractivity contribution in [1.29, 1.82) is 0 Å². The monoisotopic (exact) mass is 438 g/mol. The first-order valence-corrected chi connectivity index (χ1v) is 11.2. The fraction of sp³-hybridized carbons (Fsp3) is 0.185. The molecule has 6 heteroatoms. The second kappa shape index (κ2) is 9.30. The lowest BCUT2D eigenvalue weighted by Gasteiger charge is -2.34. The number of aromatic nitrogens is 1. The summed E-state index contributed by atoms with van der Waals surface area (Å²) < 4.78 is 0. The van der Waals surface area contributed by atoms with Crippen molar-refractivity contribution in [1.82, 2.24) is 14.8 Å². The molecule has 2 heterocycles. The fourth-order valence-corrected chi connectivity index (χ4v) is 4.32. The Hall–Kier alpha value is -3.90. The van der Waals surface area contributed by atoms with E-state index >= 15 is 0 Å². The Morgan fingerprint density at radius 2 is 1.52 bits per heavy atom. The molecule has 6 nitrogen and oxygen atoms in total. The van der Waals surface area contributed by atoms with Gasteiger partial charge >= 0.3 is 0 Å². The zero-order valence-electron chi connectivity index (χ0n) is 18.3. The predicted molar refractivity (Wildman–Crippen MR) is 131 cm³/mol. The van der Waals surface area contributed by atoms with Crippen LogP contribution in [-0.2, 0) is 4.79 Å². The van der Waals surface area contributed by atoms with Gasteiger partial charge in [-0.25, -0.2) is 0 Å². The van der Waals surface area contributed by atoms with Crippen molar-refractivity contribution in [2.45, 2.75) is 0 Å². The lowest BCUT2D eigenvalue weighted by atomic mass is 10.0. The fourth-order valence-electron chi connectivity index (χ4n) is 4.32. The number of hydrogen-bond acceptors (Lipinski definition) is 3. The van der Waals surface area contributed by atoms with E-state index in [1.54, 1.807) is 0 Å². The van der Waals surface area contributed by atoms with Gasteiger partial charge in [-0.3, -0.25) is 14.5 Å². The second-order valence-corrected chi connectivity index (χ2v) is 8.30. The van der Waals surface area contributed by atoms with E-state index in [2.05, 4.69) is 15.2 Å². The van der Waals surface area contributed by atoms with Gasteiger partial charge in [0, 0.05) is 48.3 Å². The molecule has 0 saturated carbocycles. The first-order chi connectivity index (χ1) is 16.2. The average molecular weight is 439 g/mol. The number of benzene rings is 3. The maximum absolute atomic E-state index is 12.9. The number of nitrogens with zero attached hydrogens (tertiary/aromatic N) is 2. The largest absolute Gasteiger partial charge is 0.351 e. The molecule has 1 aliphatic heterocycles. The van der Waals surface area contributed by atoms with Crippen LogP contribution >= 0.6 is 0 Å². The van der Waals surface area contributed by atoms with Crippen LogP contribution in [0.15, 0.2) is 84.9 Å². The summed E-state index contributed by atoms with van der Waals surface area (Å²) in [6.07, 6.45) is 0. The maximum atomic E-state index is 12.9. The van der Waals surface area contributed by atoms with E-state index in [4.69, 9.17) is 0 Å². The minimum Gasteiger partial charge on any atom is -0.351 e. The van der Waals surface area contributed by atoms with Gasteiger partial charge in [0.15, 0.2) is 0 Å². The van der Waals surface area contributed by atoms with Gasteiger partial charge in [-0.2, -0.15) is 0 Å². The van der Waals surface area contributed by atoms with Gasteiger partial charge in [-0.15, -0.1) is 0 Å². The Balaban J connectivity index is 1.17. The number of hydrogen-bond donors (Lipinski definition) is 2. The number of rotatable bonds is 5. The summed E-state index contributed by atoms with van der Waals surface area (Å²) in [5.41, 5.74) is 4.45. The van der Waals surface area contributed by atoms with Crippen molar-refractivity contribution in [2.75, 3.05) is 38.0 Å². The zero-order chi connectivity index (χ0) is 22.6. The molecule has 0 radical (unpaired) electrons. The molecule has 4 aromatic rings. The van der Waals surface area contributed by atoms with Gasteiger partial charge in [0.2, 0.25) is 5.91 Å². The summed E-state index contributed by atoms with van der Waals surface area (Å²) in [7, 11) is 0. The van der Waals surface area contributed by atoms with Crippen LogP contribution in [0.4, 0.5) is 5.69 Å². The number of piperazine rings is 1. The summed E-state index contributed by atoms with van der Waals surface area (Å²) in [5, 5.41) is 4.10.